The Morgan fingerprint density at radius 2 is 1.45 bits per heavy atom. The van der Waals surface area contributed by atoms with E-state index in [1.165, 1.54) is 74.4 Å². The Labute approximate surface area is 279 Å². The molecule has 0 spiro atoms. The number of hydrogen-bond acceptors (Lipinski definition) is 12. The predicted octanol–water partition coefficient (Wildman–Crippen LogP) is 5.40. The highest BCUT2D eigenvalue weighted by atomic mass is 32.2. The highest BCUT2D eigenvalue weighted by Gasteiger charge is 2.27. The van der Waals surface area contributed by atoms with Crippen molar-refractivity contribution in [2.75, 3.05) is 38.2 Å². The molecule has 2 unspecified atom stereocenters. The molecule has 0 amide bonds. The summed E-state index contributed by atoms with van der Waals surface area (Å²) in [7, 11) is 2.53. The molecule has 2 aromatic carbocycles. The molecule has 11 nitrogen and oxygen atoms in total. The molecule has 0 radical (unpaired) electrons. The lowest BCUT2D eigenvalue weighted by Gasteiger charge is -2.19. The normalized spacial score (nSPS) is 12.9. The van der Waals surface area contributed by atoms with Crippen molar-refractivity contribution < 1.29 is 38.5 Å². The van der Waals surface area contributed by atoms with Gasteiger partial charge in [-0.2, -0.15) is 23.5 Å². The first-order valence-electron chi connectivity index (χ1n) is 14.4. The zero-order chi connectivity index (χ0) is 34.1. The Morgan fingerprint density at radius 3 is 2.02 bits per heavy atom. The number of aromatic carboxylic acids is 1. The number of esters is 2. The van der Waals surface area contributed by atoms with E-state index >= 15 is 0 Å². The molecular weight excluding hydrogens is 645 g/mol. The summed E-state index contributed by atoms with van der Waals surface area (Å²) in [5.41, 5.74) is 0.871. The first-order valence-corrected chi connectivity index (χ1v) is 17.2. The molecule has 0 aromatic heterocycles. The van der Waals surface area contributed by atoms with E-state index in [0.717, 1.165) is 0 Å². The number of rotatable bonds is 14. The van der Waals surface area contributed by atoms with Crippen LogP contribution in [0.25, 0.3) is 33.4 Å². The minimum Gasteiger partial charge on any atom is -0.507 e. The van der Waals surface area contributed by atoms with Gasteiger partial charge in [-0.15, -0.1) is 0 Å². The Kier molecular flexibility index (Phi) is 12.2. The molecule has 2 atom stereocenters. The molecule has 47 heavy (non-hydrogen) atoms. The van der Waals surface area contributed by atoms with Crippen molar-refractivity contribution in [2.45, 2.75) is 24.9 Å². The van der Waals surface area contributed by atoms with E-state index in [2.05, 4.69) is 9.98 Å². The molecular formula is C34H34N2O9S2. The number of carboxylic acid groups (broad SMARTS) is 1. The minimum atomic E-state index is -1.17. The van der Waals surface area contributed by atoms with Gasteiger partial charge in [0, 0.05) is 28.9 Å². The summed E-state index contributed by atoms with van der Waals surface area (Å²) < 4.78 is 16.2. The van der Waals surface area contributed by atoms with Gasteiger partial charge in [0.2, 0.25) is 0 Å². The van der Waals surface area contributed by atoms with E-state index in [9.17, 15) is 29.4 Å². The molecule has 0 fully saturated rings. The van der Waals surface area contributed by atoms with Gasteiger partial charge in [0.15, 0.2) is 5.43 Å². The van der Waals surface area contributed by atoms with E-state index in [0.29, 0.717) is 46.4 Å². The molecule has 1 aliphatic carbocycles. The SMILES string of the molecule is COC(=O)C(CCSC)/N=C/c1c2oc3c(/C=N/C(CCSC)C(=O)OC)c(O)ccc3c(-c3ccccc3C(=O)O)c-2ccc1=O. The Morgan fingerprint density at radius 1 is 0.851 bits per heavy atom. The van der Waals surface area contributed by atoms with Crippen molar-refractivity contribution in [3.05, 3.63) is 75.4 Å². The molecule has 1 aliphatic heterocycles. The van der Waals surface area contributed by atoms with Crippen LogP contribution in [0.5, 0.6) is 5.75 Å². The number of aliphatic imine (C=N–C) groups is 2. The van der Waals surface area contributed by atoms with Gasteiger partial charge in [0.05, 0.1) is 30.9 Å². The third-order valence-electron chi connectivity index (χ3n) is 7.40. The van der Waals surface area contributed by atoms with Crippen LogP contribution in [0.1, 0.15) is 34.3 Å². The van der Waals surface area contributed by atoms with Gasteiger partial charge >= 0.3 is 17.9 Å². The summed E-state index contributed by atoms with van der Waals surface area (Å²) in [6.45, 7) is 0. The van der Waals surface area contributed by atoms with Crippen LogP contribution in [0.2, 0.25) is 0 Å². The fraction of sp³-hybridized carbons (Fsp3) is 0.294. The minimum absolute atomic E-state index is 0.00310. The molecule has 0 bridgehead atoms. The number of nitrogens with zero attached hydrogens (tertiary/aromatic N) is 2. The van der Waals surface area contributed by atoms with Crippen LogP contribution in [0.4, 0.5) is 0 Å². The van der Waals surface area contributed by atoms with Crippen LogP contribution < -0.4 is 5.43 Å². The number of carboxylic acids is 1. The summed E-state index contributed by atoms with van der Waals surface area (Å²) in [5.74, 6) is -1.22. The van der Waals surface area contributed by atoms with Crippen LogP contribution in [0, 0.1) is 0 Å². The molecule has 1 heterocycles. The maximum Gasteiger partial charge on any atom is 0.336 e. The lowest BCUT2D eigenvalue weighted by molar-refractivity contribution is -0.142. The van der Waals surface area contributed by atoms with Gasteiger partial charge in [-0.3, -0.25) is 14.8 Å². The van der Waals surface area contributed by atoms with Crippen LogP contribution >= 0.6 is 23.5 Å². The van der Waals surface area contributed by atoms with Crippen LogP contribution in [-0.4, -0.2) is 90.9 Å². The first-order chi connectivity index (χ1) is 22.7. The summed E-state index contributed by atoms with van der Waals surface area (Å²) in [6, 6.07) is 10.5. The van der Waals surface area contributed by atoms with Gasteiger partial charge < -0.3 is 24.1 Å². The molecule has 2 aromatic rings. The number of methoxy groups -OCH3 is 2. The fourth-order valence-electron chi connectivity index (χ4n) is 5.02. The van der Waals surface area contributed by atoms with E-state index in [1.807, 2.05) is 12.5 Å². The van der Waals surface area contributed by atoms with Crippen molar-refractivity contribution in [3.63, 3.8) is 0 Å². The Balaban J connectivity index is 2.08. The summed E-state index contributed by atoms with van der Waals surface area (Å²) in [4.78, 5) is 59.5. The number of benzene rings is 3. The van der Waals surface area contributed by atoms with Gasteiger partial charge in [-0.25, -0.2) is 14.4 Å². The third-order valence-corrected chi connectivity index (χ3v) is 8.69. The molecule has 2 aliphatic rings. The molecule has 4 rings (SSSR count). The second kappa shape index (κ2) is 16.3. The maximum atomic E-state index is 13.3. The lowest BCUT2D eigenvalue weighted by atomic mass is 9.88. The van der Waals surface area contributed by atoms with Gasteiger partial charge in [-0.05, 0) is 72.8 Å². The van der Waals surface area contributed by atoms with E-state index in [1.54, 1.807) is 24.3 Å². The summed E-state index contributed by atoms with van der Waals surface area (Å²) in [5, 5.41) is 21.6. The molecule has 246 valence electrons. The van der Waals surface area contributed by atoms with E-state index < -0.39 is 35.4 Å². The van der Waals surface area contributed by atoms with Gasteiger partial charge in [-0.1, -0.05) is 18.2 Å². The second-order valence-electron chi connectivity index (χ2n) is 10.3. The van der Waals surface area contributed by atoms with Crippen molar-refractivity contribution in [3.8, 4) is 28.2 Å². The number of carbonyl (C=O) groups excluding carboxylic acids is 2. The fourth-order valence-corrected chi connectivity index (χ4v) is 5.94. The quantitative estimate of drug-likeness (QED) is 0.0997. The average molecular weight is 679 g/mol. The van der Waals surface area contributed by atoms with Crippen molar-refractivity contribution in [2.24, 2.45) is 9.98 Å². The smallest absolute Gasteiger partial charge is 0.336 e. The van der Waals surface area contributed by atoms with Crippen LogP contribution in [-0.2, 0) is 19.1 Å². The number of phenols is 1. The van der Waals surface area contributed by atoms with Crippen molar-refractivity contribution in [1.29, 1.82) is 0 Å². The number of phenolic OH excluding ortho intramolecular Hbond substituents is 1. The number of hydrogen-bond donors (Lipinski definition) is 2. The first kappa shape index (κ1) is 35.2. The van der Waals surface area contributed by atoms with Crippen LogP contribution in [0.15, 0.2) is 67.7 Å². The van der Waals surface area contributed by atoms with E-state index in [4.69, 9.17) is 13.9 Å². The molecule has 0 saturated heterocycles. The van der Waals surface area contributed by atoms with Crippen LogP contribution in [0.3, 0.4) is 0 Å². The number of carbonyl (C=O) groups is 3. The number of aromatic hydroxyl groups is 1. The molecule has 2 N–H and O–H groups in total. The zero-order valence-electron chi connectivity index (χ0n) is 26.2. The van der Waals surface area contributed by atoms with Crippen molar-refractivity contribution >= 4 is 64.8 Å². The Hall–Kier alpha value is -4.62. The number of fused-ring (bicyclic) bond motifs is 2. The zero-order valence-corrected chi connectivity index (χ0v) is 27.9. The predicted molar refractivity (Wildman–Crippen MR) is 186 cm³/mol. The van der Waals surface area contributed by atoms with E-state index in [-0.39, 0.29) is 33.8 Å². The Bertz CT molecular complexity index is 1870. The highest BCUT2D eigenvalue weighted by molar-refractivity contribution is 7.98. The monoisotopic (exact) mass is 678 g/mol. The lowest BCUT2D eigenvalue weighted by Crippen LogP contribution is -2.22. The average Bonchev–Trinajstić information content (AvgIpc) is 3.08. The molecule has 0 saturated carbocycles. The number of thioether (sulfide) groups is 2. The maximum absolute atomic E-state index is 13.3. The summed E-state index contributed by atoms with van der Waals surface area (Å²) in [6.07, 6.45) is 7.12. The summed E-state index contributed by atoms with van der Waals surface area (Å²) >= 11 is 3.07. The topological polar surface area (TPSA) is 165 Å². The largest absolute Gasteiger partial charge is 0.507 e. The second-order valence-corrected chi connectivity index (χ2v) is 12.2. The third kappa shape index (κ3) is 7.86. The van der Waals surface area contributed by atoms with Crippen molar-refractivity contribution in [1.82, 2.24) is 0 Å². The molecule has 13 heteroatoms. The standard InChI is InChI=1S/C34H34N2O9S2/c1-43-33(41)25(13-15-46-3)35-17-23-27(37)11-9-21-29(19-7-5-6-8-20(19)32(39)40)22-10-12-28(38)24(31(22)45-30(21)23)18-36-26(14-16-47-4)34(42)44-2/h5-12,17-18,25-26,37H,13-16H2,1-4H3,(H,39,40)/b35-17+,36-18+. The van der Waals surface area contributed by atoms with Gasteiger partial charge in [0.1, 0.15) is 29.2 Å². The van der Waals surface area contributed by atoms with Gasteiger partial charge in [0.25, 0.3) is 0 Å². The number of ether oxygens (including phenoxy) is 2. The highest BCUT2D eigenvalue weighted by Crippen LogP contribution is 2.44.